The summed E-state index contributed by atoms with van der Waals surface area (Å²) < 4.78 is 15.4. The third-order valence-electron chi connectivity index (χ3n) is 3.56. The van der Waals surface area contributed by atoms with Gasteiger partial charge in [0.25, 0.3) is 0 Å². The van der Waals surface area contributed by atoms with Crippen LogP contribution in [0.15, 0.2) is 48.5 Å². The summed E-state index contributed by atoms with van der Waals surface area (Å²) in [4.78, 5) is 4.32. The Hall–Kier alpha value is -2.36. The monoisotopic (exact) mass is 269 g/mol. The van der Waals surface area contributed by atoms with Crippen LogP contribution in [0, 0.1) is 5.82 Å². The molecule has 20 heavy (non-hydrogen) atoms. The predicted molar refractivity (Wildman–Crippen MR) is 79.0 cm³/mol. The van der Waals surface area contributed by atoms with E-state index in [9.17, 15) is 4.39 Å². The highest BCUT2D eigenvalue weighted by molar-refractivity contribution is 5.78. The number of nitrogen functional groups attached to an aromatic ring is 1. The van der Waals surface area contributed by atoms with Crippen LogP contribution < -0.4 is 5.73 Å². The Labute approximate surface area is 116 Å². The maximum Gasteiger partial charge on any atom is 0.201 e. The number of rotatable bonds is 3. The lowest BCUT2D eigenvalue weighted by atomic mass is 10.0. The number of aromatic nitrogens is 2. The van der Waals surface area contributed by atoms with Gasteiger partial charge in [0.15, 0.2) is 0 Å². The van der Waals surface area contributed by atoms with Crippen LogP contribution in [-0.4, -0.2) is 9.55 Å². The molecule has 0 bridgehead atoms. The van der Waals surface area contributed by atoms with Crippen molar-refractivity contribution in [2.24, 2.45) is 0 Å². The molecule has 2 N–H and O–H groups in total. The van der Waals surface area contributed by atoms with Gasteiger partial charge < -0.3 is 10.3 Å². The number of nitrogens with zero attached hydrogens (tertiary/aromatic N) is 2. The number of halogens is 1. The molecule has 0 spiro atoms. The highest BCUT2D eigenvalue weighted by atomic mass is 19.1. The minimum Gasteiger partial charge on any atom is -0.369 e. The number of benzene rings is 2. The quantitative estimate of drug-likeness (QED) is 0.786. The summed E-state index contributed by atoms with van der Waals surface area (Å²) in [5.41, 5.74) is 8.65. The molecule has 4 heteroatoms. The molecule has 0 aliphatic carbocycles. The second kappa shape index (κ2) is 4.96. The number of fused-ring (bicyclic) bond motifs is 1. The van der Waals surface area contributed by atoms with Crippen LogP contribution in [0.25, 0.3) is 11.0 Å². The van der Waals surface area contributed by atoms with Crippen molar-refractivity contribution in [2.45, 2.75) is 19.4 Å². The molecule has 1 heterocycles. The molecule has 0 saturated carbocycles. The van der Waals surface area contributed by atoms with E-state index in [0.717, 1.165) is 23.0 Å². The summed E-state index contributed by atoms with van der Waals surface area (Å²) in [7, 11) is 0. The van der Waals surface area contributed by atoms with Gasteiger partial charge in [0.2, 0.25) is 5.95 Å². The Kier molecular flexibility index (Phi) is 3.14. The summed E-state index contributed by atoms with van der Waals surface area (Å²) in [6, 6.07) is 14.7. The third kappa shape index (κ3) is 2.03. The van der Waals surface area contributed by atoms with Gasteiger partial charge in [0.05, 0.1) is 17.1 Å². The van der Waals surface area contributed by atoms with Gasteiger partial charge in [-0.05, 0) is 30.2 Å². The standard InChI is InChI=1S/C16H16FN3/c1-2-14(11-6-4-3-5-7-11)20-15-10-12(17)8-9-13(15)19-16(20)18/h3-10,14H,2H2,1H3,(H2,18,19). The average Bonchev–Trinajstić information content (AvgIpc) is 2.77. The van der Waals surface area contributed by atoms with Crippen LogP contribution in [0.2, 0.25) is 0 Å². The Morgan fingerprint density at radius 1 is 1.20 bits per heavy atom. The van der Waals surface area contributed by atoms with Crippen molar-refractivity contribution in [1.29, 1.82) is 0 Å². The van der Waals surface area contributed by atoms with Crippen molar-refractivity contribution < 1.29 is 4.39 Å². The van der Waals surface area contributed by atoms with Gasteiger partial charge in [-0.15, -0.1) is 0 Å². The third-order valence-corrected chi connectivity index (χ3v) is 3.56. The molecule has 0 amide bonds. The first kappa shape index (κ1) is 12.7. The predicted octanol–water partition coefficient (Wildman–Crippen LogP) is 3.76. The van der Waals surface area contributed by atoms with Crippen LogP contribution in [0.5, 0.6) is 0 Å². The molecule has 0 radical (unpaired) electrons. The van der Waals surface area contributed by atoms with Gasteiger partial charge >= 0.3 is 0 Å². The van der Waals surface area contributed by atoms with Crippen molar-refractivity contribution in [1.82, 2.24) is 9.55 Å². The van der Waals surface area contributed by atoms with E-state index >= 15 is 0 Å². The van der Waals surface area contributed by atoms with Crippen LogP contribution in [0.1, 0.15) is 24.9 Å². The first-order chi connectivity index (χ1) is 9.70. The molecule has 0 aliphatic rings. The maximum absolute atomic E-state index is 13.5. The average molecular weight is 269 g/mol. The molecule has 3 rings (SSSR count). The largest absolute Gasteiger partial charge is 0.369 e. The Balaban J connectivity index is 2.21. The zero-order chi connectivity index (χ0) is 14.1. The smallest absolute Gasteiger partial charge is 0.201 e. The molecule has 0 fully saturated rings. The second-order valence-corrected chi connectivity index (χ2v) is 4.81. The van der Waals surface area contributed by atoms with Gasteiger partial charge in [-0.1, -0.05) is 37.3 Å². The summed E-state index contributed by atoms with van der Waals surface area (Å²) in [5.74, 6) is 0.142. The zero-order valence-electron chi connectivity index (χ0n) is 11.3. The van der Waals surface area contributed by atoms with Gasteiger partial charge in [-0.25, -0.2) is 9.37 Å². The fourth-order valence-corrected chi connectivity index (χ4v) is 2.65. The molecule has 1 unspecified atom stereocenters. The molecule has 0 aliphatic heterocycles. The van der Waals surface area contributed by atoms with E-state index in [4.69, 9.17) is 5.73 Å². The van der Waals surface area contributed by atoms with Gasteiger partial charge in [-0.2, -0.15) is 0 Å². The second-order valence-electron chi connectivity index (χ2n) is 4.81. The first-order valence-corrected chi connectivity index (χ1v) is 6.68. The van der Waals surface area contributed by atoms with Crippen molar-refractivity contribution in [2.75, 3.05) is 5.73 Å². The number of hydrogen-bond acceptors (Lipinski definition) is 2. The topological polar surface area (TPSA) is 43.8 Å². The highest BCUT2D eigenvalue weighted by Gasteiger charge is 2.18. The van der Waals surface area contributed by atoms with Crippen LogP contribution in [-0.2, 0) is 0 Å². The lowest BCUT2D eigenvalue weighted by Gasteiger charge is -2.19. The van der Waals surface area contributed by atoms with Crippen molar-refractivity contribution in [3.8, 4) is 0 Å². The van der Waals surface area contributed by atoms with Crippen LogP contribution in [0.3, 0.4) is 0 Å². The lowest BCUT2D eigenvalue weighted by molar-refractivity contribution is 0.585. The maximum atomic E-state index is 13.5. The fourth-order valence-electron chi connectivity index (χ4n) is 2.65. The fraction of sp³-hybridized carbons (Fsp3) is 0.188. The van der Waals surface area contributed by atoms with Gasteiger partial charge in [0.1, 0.15) is 5.82 Å². The highest BCUT2D eigenvalue weighted by Crippen LogP contribution is 2.29. The lowest BCUT2D eigenvalue weighted by Crippen LogP contribution is -2.12. The zero-order valence-corrected chi connectivity index (χ0v) is 11.3. The number of anilines is 1. The molecule has 1 aromatic heterocycles. The van der Waals surface area contributed by atoms with E-state index in [2.05, 4.69) is 24.0 Å². The van der Waals surface area contributed by atoms with E-state index in [0.29, 0.717) is 5.95 Å². The van der Waals surface area contributed by atoms with Gasteiger partial charge in [-0.3, -0.25) is 0 Å². The Morgan fingerprint density at radius 2 is 1.95 bits per heavy atom. The molecular formula is C16H16FN3. The van der Waals surface area contributed by atoms with E-state index in [-0.39, 0.29) is 11.9 Å². The normalized spacial score (nSPS) is 12.7. The molecule has 0 saturated heterocycles. The van der Waals surface area contributed by atoms with Crippen molar-refractivity contribution in [3.63, 3.8) is 0 Å². The van der Waals surface area contributed by atoms with E-state index in [1.807, 2.05) is 22.8 Å². The molecule has 1 atom stereocenters. The molecule has 3 nitrogen and oxygen atoms in total. The SMILES string of the molecule is CCC(c1ccccc1)n1c(N)nc2ccc(F)cc21. The van der Waals surface area contributed by atoms with Crippen molar-refractivity contribution in [3.05, 3.63) is 59.9 Å². The van der Waals surface area contributed by atoms with E-state index < -0.39 is 0 Å². The van der Waals surface area contributed by atoms with Gasteiger partial charge in [0, 0.05) is 0 Å². The summed E-state index contributed by atoms with van der Waals surface area (Å²) in [5, 5.41) is 0. The van der Waals surface area contributed by atoms with Crippen LogP contribution in [0.4, 0.5) is 10.3 Å². The molecule has 2 aromatic carbocycles. The van der Waals surface area contributed by atoms with Crippen LogP contribution >= 0.6 is 0 Å². The minimum absolute atomic E-state index is 0.0583. The first-order valence-electron chi connectivity index (χ1n) is 6.68. The summed E-state index contributed by atoms with van der Waals surface area (Å²) in [6.45, 7) is 2.09. The Morgan fingerprint density at radius 3 is 2.65 bits per heavy atom. The number of nitrogens with two attached hydrogens (primary N) is 1. The summed E-state index contributed by atoms with van der Waals surface area (Å²) in [6.07, 6.45) is 0.857. The Bertz CT molecular complexity index is 734. The molecule has 3 aromatic rings. The van der Waals surface area contributed by atoms with Crippen molar-refractivity contribution >= 4 is 17.0 Å². The number of imidazole rings is 1. The molecule has 102 valence electrons. The van der Waals surface area contributed by atoms with E-state index in [1.165, 1.54) is 12.1 Å². The molecular weight excluding hydrogens is 253 g/mol. The minimum atomic E-state index is -0.276. The van der Waals surface area contributed by atoms with E-state index in [1.54, 1.807) is 6.07 Å². The summed E-state index contributed by atoms with van der Waals surface area (Å²) >= 11 is 0. The number of hydrogen-bond donors (Lipinski definition) is 1.